The van der Waals surface area contributed by atoms with E-state index in [0.29, 0.717) is 28.1 Å². The van der Waals surface area contributed by atoms with Gasteiger partial charge in [-0.15, -0.1) is 0 Å². The molecule has 3 aromatic carbocycles. The van der Waals surface area contributed by atoms with Crippen molar-refractivity contribution < 1.29 is 19.1 Å². The number of aryl methyl sites for hydroxylation is 1. The van der Waals surface area contributed by atoms with Gasteiger partial charge in [-0.2, -0.15) is 0 Å². The summed E-state index contributed by atoms with van der Waals surface area (Å²) >= 11 is 0. The van der Waals surface area contributed by atoms with Gasteiger partial charge in [-0.25, -0.2) is 4.90 Å². The fourth-order valence-corrected chi connectivity index (χ4v) is 3.68. The van der Waals surface area contributed by atoms with Crippen LogP contribution in [-0.4, -0.2) is 26.0 Å². The van der Waals surface area contributed by atoms with E-state index >= 15 is 0 Å². The van der Waals surface area contributed by atoms with Gasteiger partial charge in [0.2, 0.25) is 0 Å². The Kier molecular flexibility index (Phi) is 5.11. The van der Waals surface area contributed by atoms with Crippen LogP contribution >= 0.6 is 0 Å². The van der Waals surface area contributed by atoms with Gasteiger partial charge in [0.05, 0.1) is 19.9 Å². The van der Waals surface area contributed by atoms with Crippen LogP contribution in [0.3, 0.4) is 0 Å². The van der Waals surface area contributed by atoms with E-state index in [-0.39, 0.29) is 5.91 Å². The van der Waals surface area contributed by atoms with Crippen LogP contribution < -0.4 is 14.4 Å². The molecule has 1 aliphatic heterocycles. The SMILES string of the molecule is COc1ccc(/C=C2/C(=O)N(c3ccccc3OC)C(=O)c3ccccc32)cc1C. The molecule has 0 radical (unpaired) electrons. The Morgan fingerprint density at radius 2 is 1.43 bits per heavy atom. The Bertz CT molecular complexity index is 1180. The van der Waals surface area contributed by atoms with Gasteiger partial charge in [-0.1, -0.05) is 36.4 Å². The maximum absolute atomic E-state index is 13.5. The average Bonchev–Trinajstić information content (AvgIpc) is 2.77. The van der Waals surface area contributed by atoms with Gasteiger partial charge in [0.15, 0.2) is 0 Å². The normalized spacial score (nSPS) is 14.6. The molecule has 30 heavy (non-hydrogen) atoms. The smallest absolute Gasteiger partial charge is 0.266 e. The Morgan fingerprint density at radius 3 is 2.13 bits per heavy atom. The highest BCUT2D eigenvalue weighted by atomic mass is 16.5. The Hall–Kier alpha value is -3.86. The summed E-state index contributed by atoms with van der Waals surface area (Å²) in [6, 6.07) is 19.9. The maximum Gasteiger partial charge on any atom is 0.266 e. The molecule has 1 aliphatic rings. The molecule has 0 unspecified atom stereocenters. The van der Waals surface area contributed by atoms with Gasteiger partial charge in [-0.05, 0) is 60.0 Å². The molecule has 5 heteroatoms. The fraction of sp³-hybridized carbons (Fsp3) is 0.120. The first-order valence-corrected chi connectivity index (χ1v) is 9.52. The molecule has 0 spiro atoms. The van der Waals surface area contributed by atoms with Crippen molar-refractivity contribution in [3.8, 4) is 11.5 Å². The van der Waals surface area contributed by atoms with Crippen molar-refractivity contribution in [1.29, 1.82) is 0 Å². The highest BCUT2D eigenvalue weighted by Crippen LogP contribution is 2.37. The number of nitrogens with zero attached hydrogens (tertiary/aromatic N) is 1. The van der Waals surface area contributed by atoms with E-state index in [1.54, 1.807) is 49.6 Å². The van der Waals surface area contributed by atoms with Crippen LogP contribution in [0.4, 0.5) is 5.69 Å². The number of carbonyl (C=O) groups is 2. The van der Waals surface area contributed by atoms with Gasteiger partial charge in [0.1, 0.15) is 11.5 Å². The number of rotatable bonds is 4. The molecule has 0 saturated carbocycles. The molecule has 0 aliphatic carbocycles. The predicted molar refractivity (Wildman–Crippen MR) is 117 cm³/mol. The van der Waals surface area contributed by atoms with E-state index < -0.39 is 5.91 Å². The lowest BCUT2D eigenvalue weighted by molar-refractivity contribution is -0.112. The van der Waals surface area contributed by atoms with Crippen molar-refractivity contribution in [2.24, 2.45) is 0 Å². The minimum atomic E-state index is -0.392. The molecule has 150 valence electrons. The number of ether oxygens (including phenoxy) is 2. The number of hydrogen-bond donors (Lipinski definition) is 0. The number of anilines is 1. The fourth-order valence-electron chi connectivity index (χ4n) is 3.68. The van der Waals surface area contributed by atoms with E-state index in [9.17, 15) is 9.59 Å². The number of amides is 2. The zero-order valence-electron chi connectivity index (χ0n) is 17.0. The summed E-state index contributed by atoms with van der Waals surface area (Å²) in [5, 5.41) is 0. The molecule has 3 aromatic rings. The number of benzene rings is 3. The second-order valence-corrected chi connectivity index (χ2v) is 6.95. The standard InChI is InChI=1S/C25H21NO4/c1-16-14-17(12-13-22(16)29-2)15-20-18-8-4-5-9-19(18)24(27)26(25(20)28)21-10-6-7-11-23(21)30-3/h4-15H,1-3H3/b20-15+. The van der Waals surface area contributed by atoms with Crippen LogP contribution in [0.25, 0.3) is 11.6 Å². The quantitative estimate of drug-likeness (QED) is 0.470. The topological polar surface area (TPSA) is 55.8 Å². The van der Waals surface area contributed by atoms with E-state index in [2.05, 4.69) is 0 Å². The second-order valence-electron chi connectivity index (χ2n) is 6.95. The number of methoxy groups -OCH3 is 2. The van der Waals surface area contributed by atoms with Gasteiger partial charge in [-0.3, -0.25) is 9.59 Å². The number of para-hydroxylation sites is 2. The van der Waals surface area contributed by atoms with Crippen molar-refractivity contribution in [1.82, 2.24) is 0 Å². The van der Waals surface area contributed by atoms with E-state index in [1.807, 2.05) is 37.3 Å². The number of carbonyl (C=O) groups excluding carboxylic acids is 2. The lowest BCUT2D eigenvalue weighted by Crippen LogP contribution is -2.42. The van der Waals surface area contributed by atoms with Crippen molar-refractivity contribution in [2.45, 2.75) is 6.92 Å². The Labute approximate surface area is 175 Å². The molecule has 0 aromatic heterocycles. The summed E-state index contributed by atoms with van der Waals surface area (Å²) in [4.78, 5) is 28.0. The highest BCUT2D eigenvalue weighted by molar-refractivity contribution is 6.43. The van der Waals surface area contributed by atoms with Gasteiger partial charge in [0.25, 0.3) is 11.8 Å². The van der Waals surface area contributed by atoms with Crippen LogP contribution in [0.5, 0.6) is 11.5 Å². The first-order valence-electron chi connectivity index (χ1n) is 9.52. The minimum absolute atomic E-state index is 0.372. The van der Waals surface area contributed by atoms with Crippen LogP contribution in [0.2, 0.25) is 0 Å². The maximum atomic E-state index is 13.5. The molecular formula is C25H21NO4. The van der Waals surface area contributed by atoms with Crippen LogP contribution in [0, 0.1) is 6.92 Å². The molecule has 2 amide bonds. The average molecular weight is 399 g/mol. The summed E-state index contributed by atoms with van der Waals surface area (Å²) in [5.74, 6) is 0.469. The van der Waals surface area contributed by atoms with E-state index in [4.69, 9.17) is 9.47 Å². The number of fused-ring (bicyclic) bond motifs is 1. The summed E-state index contributed by atoms with van der Waals surface area (Å²) in [5.41, 5.74) is 3.76. The minimum Gasteiger partial charge on any atom is -0.496 e. The van der Waals surface area contributed by atoms with Crippen molar-refractivity contribution >= 4 is 29.2 Å². The number of hydrogen-bond acceptors (Lipinski definition) is 4. The van der Waals surface area contributed by atoms with Gasteiger partial charge < -0.3 is 9.47 Å². The summed E-state index contributed by atoms with van der Waals surface area (Å²) in [6.45, 7) is 1.95. The van der Waals surface area contributed by atoms with Crippen LogP contribution in [0.1, 0.15) is 27.0 Å². The van der Waals surface area contributed by atoms with Crippen LogP contribution in [0.15, 0.2) is 66.7 Å². The lowest BCUT2D eigenvalue weighted by atomic mass is 9.91. The Morgan fingerprint density at radius 1 is 0.767 bits per heavy atom. The van der Waals surface area contributed by atoms with Crippen LogP contribution in [-0.2, 0) is 4.79 Å². The first kappa shape index (κ1) is 19.5. The molecule has 0 bridgehead atoms. The van der Waals surface area contributed by atoms with Gasteiger partial charge >= 0.3 is 0 Å². The van der Waals surface area contributed by atoms with E-state index in [1.165, 1.54) is 12.0 Å². The molecule has 0 saturated heterocycles. The summed E-state index contributed by atoms with van der Waals surface area (Å²) in [7, 11) is 3.14. The second kappa shape index (κ2) is 7.87. The third-order valence-electron chi connectivity index (χ3n) is 5.14. The predicted octanol–water partition coefficient (Wildman–Crippen LogP) is 4.74. The molecule has 0 fully saturated rings. The lowest BCUT2D eigenvalue weighted by Gasteiger charge is -2.29. The molecule has 4 rings (SSSR count). The molecule has 0 atom stereocenters. The van der Waals surface area contributed by atoms with Gasteiger partial charge in [0, 0.05) is 11.1 Å². The largest absolute Gasteiger partial charge is 0.496 e. The molecular weight excluding hydrogens is 378 g/mol. The summed E-state index contributed by atoms with van der Waals surface area (Å²) < 4.78 is 10.7. The molecule has 0 N–H and O–H groups in total. The zero-order valence-corrected chi connectivity index (χ0v) is 17.0. The summed E-state index contributed by atoms with van der Waals surface area (Å²) in [6.07, 6.45) is 1.81. The Balaban J connectivity index is 1.90. The highest BCUT2D eigenvalue weighted by Gasteiger charge is 2.37. The monoisotopic (exact) mass is 399 g/mol. The van der Waals surface area contributed by atoms with E-state index in [0.717, 1.165) is 16.9 Å². The third-order valence-corrected chi connectivity index (χ3v) is 5.14. The van der Waals surface area contributed by atoms with Crippen molar-refractivity contribution in [3.63, 3.8) is 0 Å². The number of imide groups is 1. The first-order chi connectivity index (χ1) is 14.5. The van der Waals surface area contributed by atoms with Crippen molar-refractivity contribution in [2.75, 3.05) is 19.1 Å². The van der Waals surface area contributed by atoms with Crippen molar-refractivity contribution in [3.05, 3.63) is 89.0 Å². The zero-order chi connectivity index (χ0) is 21.3. The molecule has 1 heterocycles. The third kappa shape index (κ3) is 3.24. The molecule has 5 nitrogen and oxygen atoms in total.